The van der Waals surface area contributed by atoms with E-state index in [2.05, 4.69) is 20.0 Å². The van der Waals surface area contributed by atoms with Crippen LogP contribution in [0.25, 0.3) is 0 Å². The number of carbonyl (C=O) groups excluding carboxylic acids is 1. The van der Waals surface area contributed by atoms with E-state index in [1.807, 2.05) is 0 Å². The molecule has 0 fully saturated rings. The number of amides is 1. The van der Waals surface area contributed by atoms with Gasteiger partial charge in [-0.25, -0.2) is 4.98 Å². The summed E-state index contributed by atoms with van der Waals surface area (Å²) in [5, 5.41) is 2.85. The van der Waals surface area contributed by atoms with Gasteiger partial charge in [-0.1, -0.05) is 18.2 Å². The summed E-state index contributed by atoms with van der Waals surface area (Å²) in [6.45, 7) is 0.481. The summed E-state index contributed by atoms with van der Waals surface area (Å²) >= 11 is 1.02. The molecule has 152 valence electrons. The number of aryl methyl sites for hydroxylation is 1. The van der Waals surface area contributed by atoms with Crippen LogP contribution in [0.1, 0.15) is 28.2 Å². The molecule has 1 aromatic heterocycles. The summed E-state index contributed by atoms with van der Waals surface area (Å²) in [4.78, 5) is 20.0. The van der Waals surface area contributed by atoms with Crippen LogP contribution in [-0.2, 0) is 12.6 Å². The van der Waals surface area contributed by atoms with Crippen LogP contribution in [0.2, 0.25) is 0 Å². The van der Waals surface area contributed by atoms with Crippen molar-refractivity contribution in [1.29, 1.82) is 0 Å². The van der Waals surface area contributed by atoms with Gasteiger partial charge in [-0.15, -0.1) is 0 Å². The summed E-state index contributed by atoms with van der Waals surface area (Å²) in [5.74, 6) is 0.607. The first kappa shape index (κ1) is 20.8. The van der Waals surface area contributed by atoms with Gasteiger partial charge >= 0.3 is 6.18 Å². The molecule has 0 aliphatic carbocycles. The van der Waals surface area contributed by atoms with Crippen LogP contribution in [-0.4, -0.2) is 22.4 Å². The Labute approximate surface area is 170 Å². The molecule has 1 heterocycles. The van der Waals surface area contributed by atoms with Gasteiger partial charge in [0.1, 0.15) is 5.82 Å². The molecule has 1 amide bonds. The fraction of sp³-hybridized carbons (Fsp3) is 0.200. The number of hydrogen-bond donors (Lipinski definition) is 3. The first-order valence-corrected chi connectivity index (χ1v) is 9.71. The Morgan fingerprint density at radius 1 is 1.14 bits per heavy atom. The minimum atomic E-state index is -4.40. The molecule has 0 unspecified atom stereocenters. The van der Waals surface area contributed by atoms with E-state index in [4.69, 9.17) is 0 Å². The zero-order chi connectivity index (χ0) is 20.7. The van der Waals surface area contributed by atoms with E-state index in [9.17, 15) is 18.0 Å². The fourth-order valence-corrected chi connectivity index (χ4v) is 3.35. The lowest BCUT2D eigenvalue weighted by atomic mass is 10.1. The molecule has 0 saturated carbocycles. The largest absolute Gasteiger partial charge is 0.416 e. The maximum atomic E-state index is 12.9. The second-order valence-corrected chi connectivity index (χ2v) is 7.05. The number of nitrogens with zero attached hydrogens (tertiary/aromatic N) is 1. The third kappa shape index (κ3) is 6.02. The van der Waals surface area contributed by atoms with Crippen molar-refractivity contribution in [2.45, 2.75) is 23.9 Å². The molecule has 2 aromatic carbocycles. The number of aromatic amines is 1. The average Bonchev–Trinajstić information content (AvgIpc) is 3.23. The molecule has 0 saturated heterocycles. The number of nitrogens with one attached hydrogen (secondary N) is 3. The summed E-state index contributed by atoms with van der Waals surface area (Å²) in [5.41, 5.74) is 0.232. The van der Waals surface area contributed by atoms with Crippen LogP contribution in [0.3, 0.4) is 0 Å². The number of benzene rings is 2. The molecule has 29 heavy (non-hydrogen) atoms. The van der Waals surface area contributed by atoms with Crippen molar-refractivity contribution in [3.63, 3.8) is 0 Å². The summed E-state index contributed by atoms with van der Waals surface area (Å²) in [6, 6.07) is 11.9. The van der Waals surface area contributed by atoms with Crippen LogP contribution in [0.4, 0.5) is 18.9 Å². The Bertz CT molecular complexity index is 945. The average molecular weight is 420 g/mol. The molecule has 0 bridgehead atoms. The number of para-hydroxylation sites is 1. The van der Waals surface area contributed by atoms with E-state index in [0.29, 0.717) is 22.7 Å². The molecule has 0 spiro atoms. The minimum Gasteiger partial charge on any atom is -0.352 e. The zero-order valence-electron chi connectivity index (χ0n) is 15.3. The molecule has 0 radical (unpaired) electrons. The van der Waals surface area contributed by atoms with Crippen LogP contribution in [0.5, 0.6) is 0 Å². The van der Waals surface area contributed by atoms with Gasteiger partial charge in [-0.05, 0) is 48.7 Å². The number of alkyl halides is 3. The Kier molecular flexibility index (Phi) is 6.82. The van der Waals surface area contributed by atoms with Gasteiger partial charge in [0, 0.05) is 30.3 Å². The normalized spacial score (nSPS) is 11.3. The van der Waals surface area contributed by atoms with Gasteiger partial charge in [0.15, 0.2) is 0 Å². The van der Waals surface area contributed by atoms with E-state index in [1.54, 1.807) is 42.7 Å². The van der Waals surface area contributed by atoms with Crippen molar-refractivity contribution in [2.24, 2.45) is 0 Å². The maximum Gasteiger partial charge on any atom is 0.416 e. The number of rotatable bonds is 8. The summed E-state index contributed by atoms with van der Waals surface area (Å²) in [6.07, 6.45) is 0.478. The highest BCUT2D eigenvalue weighted by Crippen LogP contribution is 2.32. The molecule has 0 atom stereocenters. The van der Waals surface area contributed by atoms with E-state index in [0.717, 1.165) is 42.7 Å². The molecule has 9 heteroatoms. The number of aromatic nitrogens is 2. The SMILES string of the molecule is O=C(NCCCc1ncc[nH]1)c1ccccc1NSc1cccc(C(F)(F)F)c1. The van der Waals surface area contributed by atoms with E-state index in [1.165, 1.54) is 6.07 Å². The highest BCUT2D eigenvalue weighted by Gasteiger charge is 2.30. The minimum absolute atomic E-state index is 0.253. The van der Waals surface area contributed by atoms with Crippen LogP contribution in [0, 0.1) is 0 Å². The van der Waals surface area contributed by atoms with Crippen molar-refractivity contribution < 1.29 is 18.0 Å². The van der Waals surface area contributed by atoms with Gasteiger partial charge in [0.05, 0.1) is 16.8 Å². The van der Waals surface area contributed by atoms with E-state index in [-0.39, 0.29) is 5.91 Å². The van der Waals surface area contributed by atoms with E-state index < -0.39 is 11.7 Å². The van der Waals surface area contributed by atoms with Crippen LogP contribution in [0.15, 0.2) is 65.8 Å². The molecule has 0 aliphatic rings. The van der Waals surface area contributed by atoms with Crippen LogP contribution < -0.4 is 10.0 Å². The molecule has 0 aliphatic heterocycles. The van der Waals surface area contributed by atoms with Crippen molar-refractivity contribution >= 4 is 23.5 Å². The predicted molar refractivity (Wildman–Crippen MR) is 107 cm³/mol. The lowest BCUT2D eigenvalue weighted by molar-refractivity contribution is -0.137. The second kappa shape index (κ2) is 9.51. The van der Waals surface area contributed by atoms with Gasteiger partial charge in [-0.2, -0.15) is 13.2 Å². The number of carbonyl (C=O) groups is 1. The lowest BCUT2D eigenvalue weighted by Crippen LogP contribution is -2.25. The Balaban J connectivity index is 1.57. The highest BCUT2D eigenvalue weighted by molar-refractivity contribution is 8.00. The van der Waals surface area contributed by atoms with Gasteiger partial charge in [0.25, 0.3) is 5.91 Å². The molecule has 3 N–H and O–H groups in total. The van der Waals surface area contributed by atoms with Crippen molar-refractivity contribution in [1.82, 2.24) is 15.3 Å². The molecular formula is C20H19F3N4OS. The quantitative estimate of drug-likeness (QED) is 0.358. The summed E-state index contributed by atoms with van der Waals surface area (Å²) in [7, 11) is 0. The van der Waals surface area contributed by atoms with Crippen molar-refractivity contribution in [2.75, 3.05) is 11.3 Å². The topological polar surface area (TPSA) is 69.8 Å². The first-order chi connectivity index (χ1) is 13.9. The number of H-pyrrole nitrogens is 1. The number of halogens is 3. The van der Waals surface area contributed by atoms with E-state index >= 15 is 0 Å². The zero-order valence-corrected chi connectivity index (χ0v) is 16.1. The Morgan fingerprint density at radius 3 is 2.72 bits per heavy atom. The maximum absolute atomic E-state index is 12.9. The standard InChI is InChI=1S/C20H19F3N4OS/c21-20(22,23)14-5-3-6-15(13-14)29-27-17-8-2-1-7-16(17)19(28)26-10-4-9-18-24-11-12-25-18/h1-3,5-8,11-13,27H,4,9-10H2,(H,24,25)(H,26,28). The van der Waals surface area contributed by atoms with Crippen molar-refractivity contribution in [3.8, 4) is 0 Å². The molecule has 3 rings (SSSR count). The molecular weight excluding hydrogens is 401 g/mol. The number of hydrogen-bond acceptors (Lipinski definition) is 4. The fourth-order valence-electron chi connectivity index (χ4n) is 2.61. The molecule has 5 nitrogen and oxygen atoms in total. The molecule has 3 aromatic rings. The number of anilines is 1. The van der Waals surface area contributed by atoms with Crippen molar-refractivity contribution in [3.05, 3.63) is 77.9 Å². The monoisotopic (exact) mass is 420 g/mol. The lowest BCUT2D eigenvalue weighted by Gasteiger charge is -2.12. The van der Waals surface area contributed by atoms with Gasteiger partial charge in [0.2, 0.25) is 0 Å². The predicted octanol–water partition coefficient (Wildman–Crippen LogP) is 4.91. The first-order valence-electron chi connectivity index (χ1n) is 8.89. The summed E-state index contributed by atoms with van der Waals surface area (Å²) < 4.78 is 41.5. The Hall–Kier alpha value is -2.94. The highest BCUT2D eigenvalue weighted by atomic mass is 32.2. The van der Waals surface area contributed by atoms with Crippen LogP contribution >= 0.6 is 11.9 Å². The third-order valence-electron chi connectivity index (χ3n) is 4.04. The number of imidazole rings is 1. The van der Waals surface area contributed by atoms with Gasteiger partial charge in [-0.3, -0.25) is 4.79 Å². The second-order valence-electron chi connectivity index (χ2n) is 6.17. The third-order valence-corrected chi connectivity index (χ3v) is 4.85. The van der Waals surface area contributed by atoms with Gasteiger partial charge < -0.3 is 15.0 Å². The smallest absolute Gasteiger partial charge is 0.352 e. The Morgan fingerprint density at radius 2 is 1.97 bits per heavy atom.